The SMILES string of the molecule is C[C@H](C1CC1)N(CC(F)(F)F)C(=O)Cn1cnc2c(cnn2-c2ccccc2[N+](=O)[O-])c1=O. The highest BCUT2D eigenvalue weighted by Crippen LogP contribution is 2.36. The van der Waals surface area contributed by atoms with E-state index in [0.717, 1.165) is 39.5 Å². The number of alkyl halides is 3. The van der Waals surface area contributed by atoms with Gasteiger partial charge in [0, 0.05) is 12.1 Å². The highest BCUT2D eigenvalue weighted by atomic mass is 19.4. The first-order chi connectivity index (χ1) is 15.6. The zero-order chi connectivity index (χ0) is 23.9. The van der Waals surface area contributed by atoms with Gasteiger partial charge in [0.1, 0.15) is 30.5 Å². The molecule has 2 heterocycles. The fraction of sp³-hybridized carbons (Fsp3) is 0.400. The molecule has 1 aliphatic carbocycles. The molecule has 1 saturated carbocycles. The molecule has 0 N–H and O–H groups in total. The number of rotatable bonds is 7. The maximum absolute atomic E-state index is 13.1. The predicted molar refractivity (Wildman–Crippen MR) is 110 cm³/mol. The topological polar surface area (TPSA) is 116 Å². The van der Waals surface area contributed by atoms with Crippen molar-refractivity contribution in [2.24, 2.45) is 5.92 Å². The Morgan fingerprint density at radius 2 is 2.03 bits per heavy atom. The lowest BCUT2D eigenvalue weighted by molar-refractivity contribution is -0.384. The van der Waals surface area contributed by atoms with Crippen LogP contribution in [0.1, 0.15) is 19.8 Å². The molecule has 0 radical (unpaired) electrons. The van der Waals surface area contributed by atoms with Gasteiger partial charge in [-0.05, 0) is 31.7 Å². The van der Waals surface area contributed by atoms with Gasteiger partial charge in [0.05, 0.1) is 11.1 Å². The second-order valence-electron chi connectivity index (χ2n) is 7.93. The van der Waals surface area contributed by atoms with Gasteiger partial charge in [0.25, 0.3) is 11.2 Å². The van der Waals surface area contributed by atoms with Crippen molar-refractivity contribution in [1.82, 2.24) is 24.2 Å². The number of hydrogen-bond acceptors (Lipinski definition) is 6. The van der Waals surface area contributed by atoms with Crippen LogP contribution in [0.2, 0.25) is 0 Å². The van der Waals surface area contributed by atoms with Crippen molar-refractivity contribution >= 4 is 22.6 Å². The Labute approximate surface area is 184 Å². The van der Waals surface area contributed by atoms with Crippen molar-refractivity contribution in [2.75, 3.05) is 6.54 Å². The fourth-order valence-electron chi connectivity index (χ4n) is 3.76. The third-order valence-corrected chi connectivity index (χ3v) is 5.63. The van der Waals surface area contributed by atoms with Crippen molar-refractivity contribution in [2.45, 2.75) is 38.5 Å². The Morgan fingerprint density at radius 3 is 2.67 bits per heavy atom. The first-order valence-electron chi connectivity index (χ1n) is 10.1. The van der Waals surface area contributed by atoms with Gasteiger partial charge in [0.15, 0.2) is 5.65 Å². The first kappa shape index (κ1) is 22.4. The van der Waals surface area contributed by atoms with Crippen LogP contribution in [0.25, 0.3) is 16.7 Å². The van der Waals surface area contributed by atoms with Gasteiger partial charge in [-0.25, -0.2) is 9.67 Å². The van der Waals surface area contributed by atoms with Crippen molar-refractivity contribution in [3.8, 4) is 5.69 Å². The van der Waals surface area contributed by atoms with Crippen LogP contribution in [-0.4, -0.2) is 53.8 Å². The molecular formula is C20H19F3N6O4. The van der Waals surface area contributed by atoms with Crippen molar-refractivity contribution in [1.29, 1.82) is 0 Å². The summed E-state index contributed by atoms with van der Waals surface area (Å²) < 4.78 is 41.2. The molecule has 174 valence electrons. The molecule has 1 amide bonds. The second-order valence-corrected chi connectivity index (χ2v) is 7.93. The van der Waals surface area contributed by atoms with E-state index in [1.54, 1.807) is 13.0 Å². The molecule has 0 spiro atoms. The monoisotopic (exact) mass is 464 g/mol. The minimum absolute atomic E-state index is 0.00789. The number of benzene rings is 1. The molecule has 33 heavy (non-hydrogen) atoms. The molecule has 0 aliphatic heterocycles. The van der Waals surface area contributed by atoms with E-state index in [-0.39, 0.29) is 28.3 Å². The molecule has 4 rings (SSSR count). The quantitative estimate of drug-likeness (QED) is 0.392. The second kappa shape index (κ2) is 8.30. The Balaban J connectivity index is 1.66. The minimum atomic E-state index is -4.57. The average Bonchev–Trinajstić information content (AvgIpc) is 3.52. The van der Waals surface area contributed by atoms with Crippen LogP contribution in [0.3, 0.4) is 0 Å². The number of nitro benzene ring substituents is 1. The number of carbonyl (C=O) groups excluding carboxylic acids is 1. The molecular weight excluding hydrogens is 445 g/mol. The summed E-state index contributed by atoms with van der Waals surface area (Å²) in [5.41, 5.74) is -0.825. The lowest BCUT2D eigenvalue weighted by atomic mass is 10.1. The largest absolute Gasteiger partial charge is 0.406 e. The minimum Gasteiger partial charge on any atom is -0.329 e. The van der Waals surface area contributed by atoms with Gasteiger partial charge >= 0.3 is 6.18 Å². The van der Waals surface area contributed by atoms with E-state index >= 15 is 0 Å². The first-order valence-corrected chi connectivity index (χ1v) is 10.1. The van der Waals surface area contributed by atoms with E-state index in [9.17, 15) is 32.9 Å². The molecule has 2 aromatic heterocycles. The smallest absolute Gasteiger partial charge is 0.329 e. The van der Waals surface area contributed by atoms with Gasteiger partial charge in [-0.3, -0.25) is 24.3 Å². The summed E-state index contributed by atoms with van der Waals surface area (Å²) in [4.78, 5) is 41.2. The summed E-state index contributed by atoms with van der Waals surface area (Å²) in [6.45, 7) is -0.447. The van der Waals surface area contributed by atoms with E-state index in [4.69, 9.17) is 0 Å². The van der Waals surface area contributed by atoms with Crippen LogP contribution >= 0.6 is 0 Å². The highest BCUT2D eigenvalue weighted by molar-refractivity contribution is 5.78. The zero-order valence-corrected chi connectivity index (χ0v) is 17.4. The van der Waals surface area contributed by atoms with E-state index < -0.39 is 41.7 Å². The summed E-state index contributed by atoms with van der Waals surface area (Å²) in [7, 11) is 0. The number of carbonyl (C=O) groups is 1. The van der Waals surface area contributed by atoms with E-state index in [1.807, 2.05) is 0 Å². The summed E-state index contributed by atoms with van der Waals surface area (Å²) in [6, 6.07) is 5.16. The number of aromatic nitrogens is 4. The molecule has 3 aromatic rings. The van der Waals surface area contributed by atoms with E-state index in [2.05, 4.69) is 10.1 Å². The lowest BCUT2D eigenvalue weighted by Gasteiger charge is -2.30. The lowest BCUT2D eigenvalue weighted by Crippen LogP contribution is -2.47. The maximum Gasteiger partial charge on any atom is 0.406 e. The molecule has 1 aliphatic rings. The molecule has 0 saturated heterocycles. The fourth-order valence-corrected chi connectivity index (χ4v) is 3.76. The van der Waals surface area contributed by atoms with E-state index in [1.165, 1.54) is 18.2 Å². The summed E-state index contributed by atoms with van der Waals surface area (Å²) in [6.07, 6.45) is -0.884. The normalized spacial score (nSPS) is 14.9. The Kier molecular flexibility index (Phi) is 5.64. The molecule has 1 fully saturated rings. The van der Waals surface area contributed by atoms with Gasteiger partial charge in [-0.1, -0.05) is 12.1 Å². The van der Waals surface area contributed by atoms with Crippen LogP contribution in [0, 0.1) is 16.0 Å². The highest BCUT2D eigenvalue weighted by Gasteiger charge is 2.40. The molecule has 1 atom stereocenters. The van der Waals surface area contributed by atoms with Crippen LogP contribution in [-0.2, 0) is 11.3 Å². The van der Waals surface area contributed by atoms with Gasteiger partial charge in [0.2, 0.25) is 5.91 Å². The van der Waals surface area contributed by atoms with Crippen molar-refractivity contribution < 1.29 is 22.9 Å². The number of amides is 1. The van der Waals surface area contributed by atoms with Crippen molar-refractivity contribution in [3.05, 3.63) is 57.3 Å². The summed E-state index contributed by atoms with van der Waals surface area (Å²) in [5.74, 6) is -0.838. The third kappa shape index (κ3) is 4.56. The van der Waals surface area contributed by atoms with Crippen molar-refractivity contribution in [3.63, 3.8) is 0 Å². The molecule has 0 unspecified atom stereocenters. The summed E-state index contributed by atoms with van der Waals surface area (Å²) >= 11 is 0. The molecule has 1 aromatic carbocycles. The number of para-hydroxylation sites is 2. The molecule has 0 bridgehead atoms. The Morgan fingerprint density at radius 1 is 1.33 bits per heavy atom. The number of hydrogen-bond donors (Lipinski definition) is 0. The average molecular weight is 464 g/mol. The van der Waals surface area contributed by atoms with Gasteiger partial charge in [-0.2, -0.15) is 18.3 Å². The molecule has 13 heteroatoms. The number of halogens is 3. The van der Waals surface area contributed by atoms with Crippen LogP contribution in [0.15, 0.2) is 41.6 Å². The number of fused-ring (bicyclic) bond motifs is 1. The zero-order valence-electron chi connectivity index (χ0n) is 17.4. The maximum atomic E-state index is 13.1. The van der Waals surface area contributed by atoms with E-state index in [0.29, 0.717) is 0 Å². The Hall–Kier alpha value is -3.77. The van der Waals surface area contributed by atoms with Crippen LogP contribution in [0.5, 0.6) is 0 Å². The summed E-state index contributed by atoms with van der Waals surface area (Å²) in [5, 5.41) is 15.3. The number of nitro groups is 1. The standard InChI is InChI=1S/C20H19F3N6O4/c1-12(13-6-7-13)27(10-20(21,22)23)17(30)9-26-11-24-18-14(19(26)31)8-25-28(18)15-4-2-3-5-16(15)29(32)33/h2-5,8,11-13H,6-7,9-10H2,1H3/t12-/m1/s1. The van der Waals surface area contributed by atoms with Crippen LogP contribution in [0.4, 0.5) is 18.9 Å². The van der Waals surface area contributed by atoms with Gasteiger partial charge in [-0.15, -0.1) is 0 Å². The predicted octanol–water partition coefficient (Wildman–Crippen LogP) is 2.68. The van der Waals surface area contributed by atoms with Crippen LogP contribution < -0.4 is 5.56 Å². The number of nitrogens with zero attached hydrogens (tertiary/aromatic N) is 6. The third-order valence-electron chi connectivity index (χ3n) is 5.63. The molecule has 10 nitrogen and oxygen atoms in total. The van der Waals surface area contributed by atoms with Gasteiger partial charge < -0.3 is 4.90 Å². The Bertz CT molecular complexity index is 1280.